The predicted molar refractivity (Wildman–Crippen MR) is 71.2 cm³/mol. The monoisotopic (exact) mass is 254 g/mol. The number of β-amino-alcohol motifs (C(OH)–C–C–N with tert-alkyl or cyclic N) is 1. The van der Waals surface area contributed by atoms with Crippen LogP contribution < -0.4 is 10.6 Å². The van der Waals surface area contributed by atoms with Gasteiger partial charge in [-0.15, -0.1) is 0 Å². The van der Waals surface area contributed by atoms with Gasteiger partial charge in [0.25, 0.3) is 0 Å². The summed E-state index contributed by atoms with van der Waals surface area (Å²) in [5, 5.41) is 16.1. The first kappa shape index (κ1) is 13.8. The molecule has 0 aliphatic heterocycles. The topological polar surface area (TPSA) is 61.4 Å². The van der Waals surface area contributed by atoms with E-state index in [1.807, 2.05) is 6.92 Å². The lowest BCUT2D eigenvalue weighted by molar-refractivity contribution is -0.127. The van der Waals surface area contributed by atoms with Crippen LogP contribution >= 0.6 is 0 Å². The van der Waals surface area contributed by atoms with Crippen molar-refractivity contribution in [3.05, 3.63) is 0 Å². The lowest BCUT2D eigenvalue weighted by atomic mass is 9.95. The molecule has 1 amide bonds. The molecule has 0 aromatic carbocycles. The fraction of sp³-hybridized carbons (Fsp3) is 0.929. The molecule has 3 N–H and O–H groups in total. The molecule has 0 radical (unpaired) electrons. The van der Waals surface area contributed by atoms with E-state index in [2.05, 4.69) is 10.6 Å². The first-order chi connectivity index (χ1) is 8.66. The van der Waals surface area contributed by atoms with E-state index in [4.69, 9.17) is 0 Å². The van der Waals surface area contributed by atoms with Gasteiger partial charge in [-0.05, 0) is 38.0 Å². The van der Waals surface area contributed by atoms with Crippen LogP contribution in [0.5, 0.6) is 0 Å². The summed E-state index contributed by atoms with van der Waals surface area (Å²) in [5.41, 5.74) is -0.412. The van der Waals surface area contributed by atoms with Crippen LogP contribution in [-0.4, -0.2) is 35.7 Å². The average Bonchev–Trinajstić information content (AvgIpc) is 3.09. The van der Waals surface area contributed by atoms with E-state index in [0.717, 1.165) is 38.6 Å². The molecule has 0 aromatic rings. The van der Waals surface area contributed by atoms with Gasteiger partial charge in [-0.25, -0.2) is 0 Å². The van der Waals surface area contributed by atoms with Crippen LogP contribution in [-0.2, 0) is 4.79 Å². The molecule has 0 aromatic heterocycles. The molecule has 0 unspecified atom stereocenters. The highest BCUT2D eigenvalue weighted by molar-refractivity contribution is 5.86. The molecule has 2 aliphatic rings. The van der Waals surface area contributed by atoms with Crippen molar-refractivity contribution < 1.29 is 9.90 Å². The minimum atomic E-state index is -0.412. The maximum Gasteiger partial charge on any atom is 0.240 e. The molecule has 2 rings (SSSR count). The number of hydrogen-bond donors (Lipinski definition) is 3. The van der Waals surface area contributed by atoms with Gasteiger partial charge in [0.15, 0.2) is 0 Å². The van der Waals surface area contributed by atoms with Gasteiger partial charge in [-0.2, -0.15) is 0 Å². The second-order valence-electron chi connectivity index (χ2n) is 5.89. The van der Waals surface area contributed by atoms with Crippen molar-refractivity contribution in [2.24, 2.45) is 5.92 Å². The van der Waals surface area contributed by atoms with Crippen LogP contribution in [0.25, 0.3) is 0 Å². The van der Waals surface area contributed by atoms with Gasteiger partial charge in [0.1, 0.15) is 0 Å². The van der Waals surface area contributed by atoms with Gasteiger partial charge in [0.2, 0.25) is 5.91 Å². The van der Waals surface area contributed by atoms with Crippen LogP contribution in [0.4, 0.5) is 0 Å². The second kappa shape index (κ2) is 6.02. The fourth-order valence-corrected chi connectivity index (χ4v) is 2.65. The fourth-order valence-electron chi connectivity index (χ4n) is 2.65. The molecule has 0 saturated heterocycles. The summed E-state index contributed by atoms with van der Waals surface area (Å²) in [6.45, 7) is 3.31. The SMILES string of the molecule is CC[C@@H](O)CNC1(C(=O)NCC2CC2)CCCC1. The molecule has 2 saturated carbocycles. The third-order valence-corrected chi connectivity index (χ3v) is 4.29. The first-order valence-corrected chi connectivity index (χ1v) is 7.37. The maximum atomic E-state index is 12.3. The molecule has 104 valence electrons. The highest BCUT2D eigenvalue weighted by atomic mass is 16.3. The maximum absolute atomic E-state index is 12.3. The van der Waals surface area contributed by atoms with Crippen LogP contribution in [0.1, 0.15) is 51.9 Å². The number of aliphatic hydroxyl groups excluding tert-OH is 1. The Bertz CT molecular complexity index is 284. The lowest BCUT2D eigenvalue weighted by Gasteiger charge is -2.30. The highest BCUT2D eigenvalue weighted by Gasteiger charge is 2.41. The van der Waals surface area contributed by atoms with E-state index in [-0.39, 0.29) is 12.0 Å². The average molecular weight is 254 g/mol. The van der Waals surface area contributed by atoms with Crippen molar-refractivity contribution in [1.82, 2.24) is 10.6 Å². The number of nitrogens with one attached hydrogen (secondary N) is 2. The molecular formula is C14H26N2O2. The van der Waals surface area contributed by atoms with E-state index in [0.29, 0.717) is 12.5 Å². The predicted octanol–water partition coefficient (Wildman–Crippen LogP) is 1.19. The standard InChI is InChI=1S/C14H26N2O2/c1-2-12(17)10-16-14(7-3-4-8-14)13(18)15-9-11-5-6-11/h11-12,16-17H,2-10H2,1H3,(H,15,18)/t12-/m1/s1. The number of carbonyl (C=O) groups is 1. The summed E-state index contributed by atoms with van der Waals surface area (Å²) in [6.07, 6.45) is 6.91. The van der Waals surface area contributed by atoms with Crippen molar-refractivity contribution in [2.75, 3.05) is 13.1 Å². The van der Waals surface area contributed by atoms with Crippen molar-refractivity contribution in [3.8, 4) is 0 Å². The van der Waals surface area contributed by atoms with Crippen LogP contribution in [0, 0.1) is 5.92 Å². The zero-order valence-electron chi connectivity index (χ0n) is 11.4. The zero-order valence-corrected chi connectivity index (χ0v) is 11.4. The minimum Gasteiger partial charge on any atom is -0.392 e. The number of amides is 1. The number of hydrogen-bond acceptors (Lipinski definition) is 3. The van der Waals surface area contributed by atoms with E-state index >= 15 is 0 Å². The molecule has 1 atom stereocenters. The van der Waals surface area contributed by atoms with Crippen LogP contribution in [0.15, 0.2) is 0 Å². The Balaban J connectivity index is 1.85. The molecule has 4 heteroatoms. The normalized spacial score (nSPS) is 23.9. The quantitative estimate of drug-likeness (QED) is 0.639. The number of aliphatic hydroxyl groups is 1. The third kappa shape index (κ3) is 3.45. The molecule has 4 nitrogen and oxygen atoms in total. The molecule has 0 spiro atoms. The van der Waals surface area contributed by atoms with E-state index in [1.165, 1.54) is 12.8 Å². The van der Waals surface area contributed by atoms with Gasteiger partial charge < -0.3 is 15.7 Å². The van der Waals surface area contributed by atoms with Crippen LogP contribution in [0.2, 0.25) is 0 Å². The van der Waals surface area contributed by atoms with Gasteiger partial charge in [-0.3, -0.25) is 4.79 Å². The molecule has 2 fully saturated rings. The van der Waals surface area contributed by atoms with Crippen LogP contribution in [0.3, 0.4) is 0 Å². The molecule has 0 heterocycles. The van der Waals surface area contributed by atoms with Gasteiger partial charge in [0, 0.05) is 13.1 Å². The van der Waals surface area contributed by atoms with Gasteiger partial charge >= 0.3 is 0 Å². The first-order valence-electron chi connectivity index (χ1n) is 7.37. The van der Waals surface area contributed by atoms with E-state index < -0.39 is 5.54 Å². The molecule has 0 bridgehead atoms. The Kier molecular flexibility index (Phi) is 4.62. The Labute approximate surface area is 110 Å². The summed E-state index contributed by atoms with van der Waals surface area (Å²) in [5.74, 6) is 0.865. The Morgan fingerprint density at radius 1 is 1.39 bits per heavy atom. The largest absolute Gasteiger partial charge is 0.392 e. The van der Waals surface area contributed by atoms with Crippen molar-refractivity contribution in [1.29, 1.82) is 0 Å². The van der Waals surface area contributed by atoms with E-state index in [9.17, 15) is 9.90 Å². The molecular weight excluding hydrogens is 228 g/mol. The Morgan fingerprint density at radius 3 is 2.61 bits per heavy atom. The van der Waals surface area contributed by atoms with Crippen molar-refractivity contribution in [2.45, 2.75) is 63.5 Å². The number of carbonyl (C=O) groups excluding carboxylic acids is 1. The number of rotatable bonds is 7. The second-order valence-corrected chi connectivity index (χ2v) is 5.89. The summed E-state index contributed by atoms with van der Waals surface area (Å²) >= 11 is 0. The summed E-state index contributed by atoms with van der Waals surface area (Å²) in [4.78, 5) is 12.3. The highest BCUT2D eigenvalue weighted by Crippen LogP contribution is 2.31. The Hall–Kier alpha value is -0.610. The summed E-state index contributed by atoms with van der Waals surface area (Å²) < 4.78 is 0. The lowest BCUT2D eigenvalue weighted by Crippen LogP contribution is -2.57. The third-order valence-electron chi connectivity index (χ3n) is 4.29. The summed E-state index contributed by atoms with van der Waals surface area (Å²) in [6, 6.07) is 0. The van der Waals surface area contributed by atoms with Gasteiger partial charge in [0.05, 0.1) is 11.6 Å². The van der Waals surface area contributed by atoms with Crippen molar-refractivity contribution in [3.63, 3.8) is 0 Å². The molecule has 2 aliphatic carbocycles. The zero-order chi connectivity index (χ0) is 13.0. The smallest absolute Gasteiger partial charge is 0.240 e. The van der Waals surface area contributed by atoms with E-state index in [1.54, 1.807) is 0 Å². The summed E-state index contributed by atoms with van der Waals surface area (Å²) in [7, 11) is 0. The van der Waals surface area contributed by atoms with Gasteiger partial charge in [-0.1, -0.05) is 19.8 Å². The Morgan fingerprint density at radius 2 is 2.06 bits per heavy atom. The van der Waals surface area contributed by atoms with Crippen molar-refractivity contribution >= 4 is 5.91 Å². The molecule has 18 heavy (non-hydrogen) atoms. The minimum absolute atomic E-state index is 0.148.